The lowest BCUT2D eigenvalue weighted by molar-refractivity contribution is -0.145. The van der Waals surface area contributed by atoms with Gasteiger partial charge in [-0.15, -0.1) is 0 Å². The summed E-state index contributed by atoms with van der Waals surface area (Å²) in [6, 6.07) is 5.37. The number of nitrogens with one attached hydrogen (secondary N) is 1. The van der Waals surface area contributed by atoms with Crippen LogP contribution < -0.4 is 10.2 Å². The molecule has 2 aliphatic heterocycles. The Morgan fingerprint density at radius 1 is 1.40 bits per heavy atom. The summed E-state index contributed by atoms with van der Waals surface area (Å²) in [4.78, 5) is 25.7. The lowest BCUT2D eigenvalue weighted by atomic mass is 10.1. The van der Waals surface area contributed by atoms with Crippen LogP contribution >= 0.6 is 15.9 Å². The maximum absolute atomic E-state index is 12.5. The SMILES string of the molecule is O=C1CN(C(=O)[C@H]2COCCO2)c2cc(Br)ccc2N1. The summed E-state index contributed by atoms with van der Waals surface area (Å²) in [7, 11) is 0. The quantitative estimate of drug-likeness (QED) is 0.832. The average Bonchev–Trinajstić information content (AvgIpc) is 2.47. The van der Waals surface area contributed by atoms with Gasteiger partial charge in [0.2, 0.25) is 5.91 Å². The molecule has 1 fully saturated rings. The first-order valence-electron chi connectivity index (χ1n) is 6.25. The van der Waals surface area contributed by atoms with Gasteiger partial charge in [0, 0.05) is 4.47 Å². The van der Waals surface area contributed by atoms with Gasteiger partial charge in [0.25, 0.3) is 5.91 Å². The lowest BCUT2D eigenvalue weighted by Gasteiger charge is -2.33. The van der Waals surface area contributed by atoms with Gasteiger partial charge in [-0.3, -0.25) is 14.5 Å². The molecule has 0 aromatic heterocycles. The van der Waals surface area contributed by atoms with E-state index in [4.69, 9.17) is 9.47 Å². The van der Waals surface area contributed by atoms with Crippen molar-refractivity contribution in [3.8, 4) is 0 Å². The van der Waals surface area contributed by atoms with E-state index in [2.05, 4.69) is 21.2 Å². The molecule has 0 unspecified atom stereocenters. The molecule has 7 heteroatoms. The first-order valence-corrected chi connectivity index (χ1v) is 7.04. The average molecular weight is 341 g/mol. The molecule has 1 atom stereocenters. The van der Waals surface area contributed by atoms with E-state index in [0.717, 1.165) is 4.47 Å². The number of rotatable bonds is 1. The Bertz CT molecular complexity index is 557. The van der Waals surface area contributed by atoms with Crippen LogP contribution in [-0.4, -0.2) is 44.3 Å². The van der Waals surface area contributed by atoms with Gasteiger partial charge in [-0.25, -0.2) is 0 Å². The van der Waals surface area contributed by atoms with Crippen molar-refractivity contribution in [2.24, 2.45) is 0 Å². The van der Waals surface area contributed by atoms with Crippen LogP contribution in [0.15, 0.2) is 22.7 Å². The van der Waals surface area contributed by atoms with Crippen molar-refractivity contribution < 1.29 is 19.1 Å². The third-order valence-corrected chi connectivity index (χ3v) is 3.68. The molecule has 0 spiro atoms. The van der Waals surface area contributed by atoms with Crippen LogP contribution in [0.4, 0.5) is 11.4 Å². The zero-order valence-corrected chi connectivity index (χ0v) is 12.2. The van der Waals surface area contributed by atoms with Crippen molar-refractivity contribution in [2.75, 3.05) is 36.6 Å². The molecule has 20 heavy (non-hydrogen) atoms. The molecule has 1 saturated heterocycles. The highest BCUT2D eigenvalue weighted by molar-refractivity contribution is 9.10. The van der Waals surface area contributed by atoms with E-state index in [9.17, 15) is 9.59 Å². The minimum Gasteiger partial charge on any atom is -0.376 e. The molecule has 0 bridgehead atoms. The van der Waals surface area contributed by atoms with E-state index in [1.54, 1.807) is 12.1 Å². The van der Waals surface area contributed by atoms with E-state index in [0.29, 0.717) is 24.6 Å². The van der Waals surface area contributed by atoms with Gasteiger partial charge in [0.15, 0.2) is 6.10 Å². The topological polar surface area (TPSA) is 67.9 Å². The minimum absolute atomic E-state index is 0.0118. The minimum atomic E-state index is -0.651. The fraction of sp³-hybridized carbons (Fsp3) is 0.385. The van der Waals surface area contributed by atoms with Crippen molar-refractivity contribution in [3.63, 3.8) is 0 Å². The normalized spacial score (nSPS) is 22.1. The highest BCUT2D eigenvalue weighted by Crippen LogP contribution is 2.33. The zero-order chi connectivity index (χ0) is 14.1. The number of hydrogen-bond acceptors (Lipinski definition) is 4. The van der Waals surface area contributed by atoms with Crippen LogP contribution in [-0.2, 0) is 19.1 Å². The first-order chi connectivity index (χ1) is 9.65. The molecule has 1 aromatic rings. The molecule has 0 saturated carbocycles. The number of carbonyl (C=O) groups excluding carboxylic acids is 2. The molecular weight excluding hydrogens is 328 g/mol. The maximum atomic E-state index is 12.5. The van der Waals surface area contributed by atoms with Crippen LogP contribution in [0.1, 0.15) is 0 Å². The Kier molecular flexibility index (Phi) is 3.73. The number of fused-ring (bicyclic) bond motifs is 1. The predicted molar refractivity (Wildman–Crippen MR) is 75.7 cm³/mol. The fourth-order valence-electron chi connectivity index (χ4n) is 2.25. The Balaban J connectivity index is 1.91. The van der Waals surface area contributed by atoms with Gasteiger partial charge in [-0.05, 0) is 18.2 Å². The third-order valence-electron chi connectivity index (χ3n) is 3.18. The van der Waals surface area contributed by atoms with Crippen molar-refractivity contribution in [2.45, 2.75) is 6.10 Å². The Morgan fingerprint density at radius 2 is 2.25 bits per heavy atom. The Labute approximate surface area is 124 Å². The number of amides is 2. The first kappa shape index (κ1) is 13.5. The third kappa shape index (κ3) is 2.56. The standard InChI is InChI=1S/C13H13BrN2O4/c14-8-1-2-9-10(5-8)16(6-12(17)15-9)13(18)11-7-19-3-4-20-11/h1-2,5,11H,3-4,6-7H2,(H,15,17)/t11-/m1/s1. The van der Waals surface area contributed by atoms with Crippen molar-refractivity contribution in [1.82, 2.24) is 0 Å². The highest BCUT2D eigenvalue weighted by atomic mass is 79.9. The van der Waals surface area contributed by atoms with Gasteiger partial charge >= 0.3 is 0 Å². The summed E-state index contributed by atoms with van der Waals surface area (Å²) >= 11 is 3.37. The number of anilines is 2. The van der Waals surface area contributed by atoms with E-state index in [1.807, 2.05) is 6.07 Å². The number of halogens is 1. The monoisotopic (exact) mass is 340 g/mol. The van der Waals surface area contributed by atoms with Crippen LogP contribution in [0, 0.1) is 0 Å². The van der Waals surface area contributed by atoms with Gasteiger partial charge in [0.1, 0.15) is 6.54 Å². The molecular formula is C13H13BrN2O4. The predicted octanol–water partition coefficient (Wildman–Crippen LogP) is 1.15. The Hall–Kier alpha value is -1.44. The van der Waals surface area contributed by atoms with Crippen LogP contribution in [0.3, 0.4) is 0 Å². The molecule has 0 aliphatic carbocycles. The molecule has 0 radical (unpaired) electrons. The van der Waals surface area contributed by atoms with Crippen molar-refractivity contribution in [3.05, 3.63) is 22.7 Å². The fourth-order valence-corrected chi connectivity index (χ4v) is 2.60. The van der Waals surface area contributed by atoms with E-state index in [1.165, 1.54) is 4.90 Å². The summed E-state index contributed by atoms with van der Waals surface area (Å²) in [6.07, 6.45) is -0.651. The summed E-state index contributed by atoms with van der Waals surface area (Å²) in [5, 5.41) is 2.75. The summed E-state index contributed by atoms with van der Waals surface area (Å²) in [5.41, 5.74) is 1.28. The van der Waals surface area contributed by atoms with Crippen molar-refractivity contribution >= 4 is 39.1 Å². The van der Waals surface area contributed by atoms with Crippen LogP contribution in [0.2, 0.25) is 0 Å². The van der Waals surface area contributed by atoms with Gasteiger partial charge in [-0.2, -0.15) is 0 Å². The zero-order valence-electron chi connectivity index (χ0n) is 10.6. The molecule has 3 rings (SSSR count). The number of nitrogens with zero attached hydrogens (tertiary/aromatic N) is 1. The van der Waals surface area contributed by atoms with Crippen molar-refractivity contribution in [1.29, 1.82) is 0 Å². The highest BCUT2D eigenvalue weighted by Gasteiger charge is 2.33. The molecule has 1 aromatic carbocycles. The molecule has 2 heterocycles. The number of benzene rings is 1. The van der Waals surface area contributed by atoms with Gasteiger partial charge in [0.05, 0.1) is 31.2 Å². The largest absolute Gasteiger partial charge is 0.376 e. The lowest BCUT2D eigenvalue weighted by Crippen LogP contribution is -2.50. The smallest absolute Gasteiger partial charge is 0.259 e. The maximum Gasteiger partial charge on any atom is 0.259 e. The summed E-state index contributed by atoms with van der Waals surface area (Å²) in [6.45, 7) is 1.09. The van der Waals surface area contributed by atoms with Gasteiger partial charge in [-0.1, -0.05) is 15.9 Å². The van der Waals surface area contributed by atoms with Gasteiger partial charge < -0.3 is 14.8 Å². The van der Waals surface area contributed by atoms with E-state index < -0.39 is 6.10 Å². The molecule has 2 aliphatic rings. The summed E-state index contributed by atoms with van der Waals surface area (Å²) < 4.78 is 11.5. The van der Waals surface area contributed by atoms with E-state index >= 15 is 0 Å². The molecule has 2 amide bonds. The molecule has 1 N–H and O–H groups in total. The second-order valence-electron chi connectivity index (χ2n) is 4.57. The summed E-state index contributed by atoms with van der Waals surface area (Å²) in [5.74, 6) is -0.469. The van der Waals surface area contributed by atoms with Crippen LogP contribution in [0.5, 0.6) is 0 Å². The second kappa shape index (κ2) is 5.51. The molecule has 6 nitrogen and oxygen atoms in total. The number of carbonyl (C=O) groups is 2. The number of hydrogen-bond donors (Lipinski definition) is 1. The number of ether oxygens (including phenoxy) is 2. The molecule has 106 valence electrons. The Morgan fingerprint density at radius 3 is 3.00 bits per heavy atom. The second-order valence-corrected chi connectivity index (χ2v) is 5.48. The van der Waals surface area contributed by atoms with E-state index in [-0.39, 0.29) is 25.0 Å². The van der Waals surface area contributed by atoms with Crippen LogP contribution in [0.25, 0.3) is 0 Å².